The summed E-state index contributed by atoms with van der Waals surface area (Å²) < 4.78 is 26.6. The molecule has 11 heteroatoms. The van der Waals surface area contributed by atoms with Gasteiger partial charge in [-0.05, 0) is 42.0 Å². The topological polar surface area (TPSA) is 114 Å². The van der Waals surface area contributed by atoms with E-state index in [0.29, 0.717) is 22.8 Å². The van der Waals surface area contributed by atoms with Crippen LogP contribution in [0.1, 0.15) is 11.5 Å². The van der Waals surface area contributed by atoms with Gasteiger partial charge in [0.2, 0.25) is 11.7 Å². The summed E-state index contributed by atoms with van der Waals surface area (Å²) in [5, 5.41) is 11.9. The van der Waals surface area contributed by atoms with Crippen LogP contribution in [0, 0.1) is 5.82 Å². The molecule has 0 aliphatic heterocycles. The van der Waals surface area contributed by atoms with Crippen LogP contribution < -0.4 is 10.3 Å². The van der Waals surface area contributed by atoms with E-state index in [1.54, 1.807) is 31.4 Å². The summed E-state index contributed by atoms with van der Waals surface area (Å²) in [6.45, 7) is 0.265. The minimum atomic E-state index is -0.398. The standard InChI is InChI=1S/C21H16FN7O3/c1-31-16-7-5-14(6-8-16)19-24-17(32-26-19)11-28-12-23-20-18(21(28)30)25-27-29(20)10-13-3-2-4-15(22)9-13/h2-9,12H,10-11H2,1H3. The van der Waals surface area contributed by atoms with E-state index < -0.39 is 5.56 Å². The Morgan fingerprint density at radius 1 is 1.12 bits per heavy atom. The highest BCUT2D eigenvalue weighted by Crippen LogP contribution is 2.20. The molecule has 0 spiro atoms. The lowest BCUT2D eigenvalue weighted by Gasteiger charge is -2.03. The maximum atomic E-state index is 13.4. The Morgan fingerprint density at radius 2 is 1.97 bits per heavy atom. The van der Waals surface area contributed by atoms with Gasteiger partial charge in [0.1, 0.15) is 24.4 Å². The third kappa shape index (κ3) is 3.71. The zero-order valence-corrected chi connectivity index (χ0v) is 16.8. The van der Waals surface area contributed by atoms with Crippen molar-refractivity contribution in [1.29, 1.82) is 0 Å². The summed E-state index contributed by atoms with van der Waals surface area (Å²) in [5.74, 6) is 1.00. The van der Waals surface area contributed by atoms with Gasteiger partial charge < -0.3 is 9.26 Å². The molecule has 3 heterocycles. The molecule has 2 aromatic carbocycles. The van der Waals surface area contributed by atoms with Crippen LogP contribution in [0.25, 0.3) is 22.6 Å². The lowest BCUT2D eigenvalue weighted by Crippen LogP contribution is -2.21. The van der Waals surface area contributed by atoms with Gasteiger partial charge >= 0.3 is 0 Å². The summed E-state index contributed by atoms with van der Waals surface area (Å²) in [5.41, 5.74) is 1.44. The first-order valence-corrected chi connectivity index (χ1v) is 9.61. The van der Waals surface area contributed by atoms with E-state index in [-0.39, 0.29) is 30.3 Å². The monoisotopic (exact) mass is 433 g/mol. The molecule has 3 aromatic heterocycles. The number of fused-ring (bicyclic) bond motifs is 1. The Morgan fingerprint density at radius 3 is 2.75 bits per heavy atom. The number of halogens is 1. The number of hydrogen-bond acceptors (Lipinski definition) is 8. The van der Waals surface area contributed by atoms with Crippen LogP contribution in [0.4, 0.5) is 4.39 Å². The van der Waals surface area contributed by atoms with Crippen molar-refractivity contribution in [3.8, 4) is 17.1 Å². The third-order valence-corrected chi connectivity index (χ3v) is 4.84. The second-order valence-electron chi connectivity index (χ2n) is 6.97. The molecule has 5 rings (SSSR count). The van der Waals surface area contributed by atoms with Gasteiger partial charge in [0, 0.05) is 5.56 Å². The van der Waals surface area contributed by atoms with Gasteiger partial charge in [-0.25, -0.2) is 14.1 Å². The largest absolute Gasteiger partial charge is 0.497 e. The number of benzene rings is 2. The van der Waals surface area contributed by atoms with Gasteiger partial charge in [-0.3, -0.25) is 9.36 Å². The first kappa shape index (κ1) is 19.5. The molecule has 5 aromatic rings. The summed E-state index contributed by atoms with van der Waals surface area (Å²) in [6.07, 6.45) is 1.37. The Balaban J connectivity index is 1.39. The SMILES string of the molecule is COc1ccc(-c2noc(Cn3cnc4c(nnn4Cc4cccc(F)c4)c3=O)n2)cc1. The summed E-state index contributed by atoms with van der Waals surface area (Å²) in [7, 11) is 1.59. The van der Waals surface area contributed by atoms with E-state index in [1.165, 1.54) is 27.7 Å². The van der Waals surface area contributed by atoms with Crippen LogP contribution >= 0.6 is 0 Å². The Kier molecular flexibility index (Phi) is 4.90. The van der Waals surface area contributed by atoms with Gasteiger partial charge in [-0.15, -0.1) is 5.10 Å². The molecule has 0 atom stereocenters. The first-order valence-electron chi connectivity index (χ1n) is 9.61. The highest BCUT2D eigenvalue weighted by molar-refractivity contribution is 5.67. The number of rotatable bonds is 6. The average Bonchev–Trinajstić information content (AvgIpc) is 3.44. The lowest BCUT2D eigenvalue weighted by molar-refractivity contribution is 0.369. The Labute approximate surface area is 179 Å². The van der Waals surface area contributed by atoms with E-state index in [4.69, 9.17) is 9.26 Å². The Hall–Kier alpha value is -4.41. The third-order valence-electron chi connectivity index (χ3n) is 4.84. The van der Waals surface area contributed by atoms with Crippen molar-refractivity contribution < 1.29 is 13.7 Å². The zero-order valence-electron chi connectivity index (χ0n) is 16.8. The first-order chi connectivity index (χ1) is 15.6. The molecule has 32 heavy (non-hydrogen) atoms. The highest BCUT2D eigenvalue weighted by Gasteiger charge is 2.15. The van der Waals surface area contributed by atoms with Gasteiger partial charge in [-0.2, -0.15) is 4.98 Å². The van der Waals surface area contributed by atoms with Crippen LogP contribution in [0.5, 0.6) is 5.75 Å². The fraction of sp³-hybridized carbons (Fsp3) is 0.143. The number of nitrogens with zero attached hydrogens (tertiary/aromatic N) is 7. The van der Waals surface area contributed by atoms with Crippen molar-refractivity contribution in [2.75, 3.05) is 7.11 Å². The van der Waals surface area contributed by atoms with Crippen LogP contribution in [0.15, 0.2) is 64.2 Å². The van der Waals surface area contributed by atoms with Crippen molar-refractivity contribution >= 4 is 11.2 Å². The number of methoxy groups -OCH3 is 1. The molecule has 0 amide bonds. The molecule has 0 fully saturated rings. The van der Waals surface area contributed by atoms with Crippen LogP contribution in [-0.2, 0) is 13.1 Å². The minimum Gasteiger partial charge on any atom is -0.497 e. The molecule has 0 saturated carbocycles. The second-order valence-corrected chi connectivity index (χ2v) is 6.97. The predicted molar refractivity (Wildman–Crippen MR) is 110 cm³/mol. The van der Waals surface area contributed by atoms with Crippen LogP contribution in [0.3, 0.4) is 0 Å². The molecular weight excluding hydrogens is 417 g/mol. The fourth-order valence-electron chi connectivity index (χ4n) is 3.24. The zero-order chi connectivity index (χ0) is 22.1. The smallest absolute Gasteiger partial charge is 0.283 e. The molecule has 0 N–H and O–H groups in total. The Bertz CT molecular complexity index is 1460. The molecule has 0 unspecified atom stereocenters. The molecular formula is C21H16FN7O3. The van der Waals surface area contributed by atoms with Crippen LogP contribution in [-0.4, -0.2) is 41.8 Å². The summed E-state index contributed by atoms with van der Waals surface area (Å²) >= 11 is 0. The lowest BCUT2D eigenvalue weighted by atomic mass is 10.2. The maximum Gasteiger partial charge on any atom is 0.283 e. The predicted octanol–water partition coefficient (Wildman–Crippen LogP) is 2.28. The van der Waals surface area contributed by atoms with Gasteiger partial charge in [0.15, 0.2) is 11.2 Å². The van der Waals surface area contributed by atoms with Crippen molar-refractivity contribution in [1.82, 2.24) is 34.7 Å². The molecule has 0 bridgehead atoms. The van der Waals surface area contributed by atoms with Gasteiger partial charge in [-0.1, -0.05) is 22.5 Å². The minimum absolute atomic E-state index is 0.0294. The van der Waals surface area contributed by atoms with Gasteiger partial charge in [0.05, 0.1) is 13.7 Å². The van der Waals surface area contributed by atoms with Crippen LogP contribution in [0.2, 0.25) is 0 Å². The second kappa shape index (κ2) is 8.02. The molecule has 0 radical (unpaired) electrons. The fourth-order valence-corrected chi connectivity index (χ4v) is 3.24. The van der Waals surface area contributed by atoms with E-state index in [0.717, 1.165) is 5.56 Å². The molecule has 0 aliphatic rings. The summed E-state index contributed by atoms with van der Waals surface area (Å²) in [4.78, 5) is 21.5. The maximum absolute atomic E-state index is 13.4. The van der Waals surface area contributed by atoms with Crippen molar-refractivity contribution in [2.24, 2.45) is 0 Å². The van der Waals surface area contributed by atoms with E-state index in [2.05, 4.69) is 25.4 Å². The van der Waals surface area contributed by atoms with E-state index >= 15 is 0 Å². The molecule has 160 valence electrons. The number of ether oxygens (including phenoxy) is 1. The van der Waals surface area contributed by atoms with Crippen molar-refractivity contribution in [3.63, 3.8) is 0 Å². The van der Waals surface area contributed by atoms with Crippen molar-refractivity contribution in [2.45, 2.75) is 13.1 Å². The number of aromatic nitrogens is 7. The highest BCUT2D eigenvalue weighted by atomic mass is 19.1. The summed E-state index contributed by atoms with van der Waals surface area (Å²) in [6, 6.07) is 13.3. The molecule has 0 saturated heterocycles. The van der Waals surface area contributed by atoms with E-state index in [9.17, 15) is 9.18 Å². The van der Waals surface area contributed by atoms with Gasteiger partial charge in [0.25, 0.3) is 5.56 Å². The quantitative estimate of drug-likeness (QED) is 0.401. The normalized spacial score (nSPS) is 11.2. The average molecular weight is 433 g/mol. The van der Waals surface area contributed by atoms with E-state index in [1.807, 2.05) is 12.1 Å². The van der Waals surface area contributed by atoms with Crippen molar-refractivity contribution in [3.05, 3.63) is 82.5 Å². The molecule has 10 nitrogen and oxygen atoms in total. The molecule has 0 aliphatic carbocycles. The number of hydrogen-bond donors (Lipinski definition) is 0.